The third kappa shape index (κ3) is 3.44. The second-order valence-electron chi connectivity index (χ2n) is 7.11. The molecule has 1 N–H and O–H groups in total. The molecule has 1 aliphatic rings. The topological polar surface area (TPSA) is 96.2 Å². The zero-order valence-corrected chi connectivity index (χ0v) is 15.5. The summed E-state index contributed by atoms with van der Waals surface area (Å²) in [4.78, 5) is 20.9. The average molecular weight is 403 g/mol. The first kappa shape index (κ1) is 19.0. The van der Waals surface area contributed by atoms with Crippen LogP contribution in [-0.4, -0.2) is 32.5 Å². The Morgan fingerprint density at radius 3 is 2.72 bits per heavy atom. The van der Waals surface area contributed by atoms with Crippen LogP contribution in [0.4, 0.5) is 13.2 Å². The SMILES string of the molecule is Cc1cc(C#N)c(-c2cc(C)n3cnc(C(=O)N[C@@H](C4CC4)C(F)(F)F)c3n2)o1. The summed E-state index contributed by atoms with van der Waals surface area (Å²) in [6, 6.07) is 3.32. The molecule has 3 aromatic rings. The molecule has 0 aliphatic heterocycles. The van der Waals surface area contributed by atoms with Crippen molar-refractivity contribution in [2.75, 3.05) is 0 Å². The van der Waals surface area contributed by atoms with E-state index >= 15 is 0 Å². The molecule has 150 valence electrons. The highest BCUT2D eigenvalue weighted by atomic mass is 19.4. The molecule has 0 bridgehead atoms. The Morgan fingerprint density at radius 1 is 1.38 bits per heavy atom. The van der Waals surface area contributed by atoms with Gasteiger partial charge in [-0.05, 0) is 44.7 Å². The minimum atomic E-state index is -4.53. The number of hydrogen-bond acceptors (Lipinski definition) is 5. The number of hydrogen-bond donors (Lipinski definition) is 1. The van der Waals surface area contributed by atoms with Gasteiger partial charge in [0.05, 0.1) is 0 Å². The Morgan fingerprint density at radius 2 is 2.10 bits per heavy atom. The van der Waals surface area contributed by atoms with E-state index in [9.17, 15) is 23.2 Å². The second-order valence-corrected chi connectivity index (χ2v) is 7.11. The van der Waals surface area contributed by atoms with Gasteiger partial charge in [-0.3, -0.25) is 9.20 Å². The normalized spacial score (nSPS) is 15.3. The largest absolute Gasteiger partial charge is 0.458 e. The number of alkyl halides is 3. The third-order valence-corrected chi connectivity index (χ3v) is 4.85. The summed E-state index contributed by atoms with van der Waals surface area (Å²) in [7, 11) is 0. The molecule has 0 radical (unpaired) electrons. The summed E-state index contributed by atoms with van der Waals surface area (Å²) in [6.45, 7) is 3.41. The predicted octanol–water partition coefficient (Wildman–Crippen LogP) is 3.55. The maximum atomic E-state index is 13.3. The lowest BCUT2D eigenvalue weighted by atomic mass is 10.1. The minimum Gasteiger partial charge on any atom is -0.458 e. The van der Waals surface area contributed by atoms with Gasteiger partial charge in [-0.2, -0.15) is 18.4 Å². The standard InChI is InChI=1S/C19H16F3N5O2/c1-9-5-13(15-12(7-23)6-10(2)29-15)25-17-14(24-8-27(9)17)18(28)26-16(11-3-4-11)19(20,21)22/h5-6,8,11,16H,3-4H2,1-2H3,(H,26,28)/t16-/m0/s1. The van der Waals surface area contributed by atoms with Crippen LogP contribution >= 0.6 is 0 Å². The molecular formula is C19H16F3N5O2. The van der Waals surface area contributed by atoms with Gasteiger partial charge in [0.1, 0.15) is 35.5 Å². The van der Waals surface area contributed by atoms with E-state index in [0.717, 1.165) is 0 Å². The number of imidazole rings is 1. The van der Waals surface area contributed by atoms with Gasteiger partial charge in [-0.1, -0.05) is 0 Å². The smallest absolute Gasteiger partial charge is 0.408 e. The predicted molar refractivity (Wildman–Crippen MR) is 94.9 cm³/mol. The van der Waals surface area contributed by atoms with Crippen molar-refractivity contribution in [1.82, 2.24) is 19.7 Å². The number of rotatable bonds is 4. The first-order valence-corrected chi connectivity index (χ1v) is 8.92. The molecule has 7 nitrogen and oxygen atoms in total. The van der Waals surface area contributed by atoms with Gasteiger partial charge in [0, 0.05) is 5.69 Å². The summed E-state index contributed by atoms with van der Waals surface area (Å²) >= 11 is 0. The van der Waals surface area contributed by atoms with Gasteiger partial charge < -0.3 is 9.73 Å². The van der Waals surface area contributed by atoms with E-state index in [1.54, 1.807) is 26.0 Å². The first-order chi connectivity index (χ1) is 13.7. The Kier molecular flexibility index (Phi) is 4.33. The number of carbonyl (C=O) groups is 1. The van der Waals surface area contributed by atoms with Crippen LogP contribution in [0.3, 0.4) is 0 Å². The molecule has 10 heteroatoms. The number of furan rings is 1. The van der Waals surface area contributed by atoms with Crippen LogP contribution in [0.15, 0.2) is 22.9 Å². The van der Waals surface area contributed by atoms with E-state index in [0.29, 0.717) is 30.0 Å². The molecule has 0 saturated heterocycles. The second kappa shape index (κ2) is 6.62. The Bertz CT molecular complexity index is 1150. The van der Waals surface area contributed by atoms with E-state index in [-0.39, 0.29) is 22.7 Å². The summed E-state index contributed by atoms with van der Waals surface area (Å²) in [5.74, 6) is -0.807. The highest BCUT2D eigenvalue weighted by Crippen LogP contribution is 2.40. The van der Waals surface area contributed by atoms with E-state index in [2.05, 4.69) is 15.3 Å². The molecule has 1 aliphatic carbocycles. The van der Waals surface area contributed by atoms with Crippen molar-refractivity contribution < 1.29 is 22.4 Å². The number of aromatic nitrogens is 3. The quantitative estimate of drug-likeness (QED) is 0.719. The summed E-state index contributed by atoms with van der Waals surface area (Å²) in [5, 5.41) is 11.3. The highest BCUT2D eigenvalue weighted by molar-refractivity contribution is 5.98. The minimum absolute atomic E-state index is 0.0900. The van der Waals surface area contributed by atoms with Gasteiger partial charge in [0.25, 0.3) is 5.91 Å². The maximum Gasteiger partial charge on any atom is 0.408 e. The van der Waals surface area contributed by atoms with Crippen LogP contribution < -0.4 is 5.32 Å². The number of fused-ring (bicyclic) bond motifs is 1. The van der Waals surface area contributed by atoms with Crippen LogP contribution in [0.5, 0.6) is 0 Å². The fraction of sp³-hybridized carbons (Fsp3) is 0.368. The van der Waals surface area contributed by atoms with Crippen LogP contribution in [0.2, 0.25) is 0 Å². The van der Waals surface area contributed by atoms with Crippen LogP contribution in [-0.2, 0) is 0 Å². The summed E-state index contributed by atoms with van der Waals surface area (Å²) in [5.41, 5.74) is 1.07. The number of carbonyl (C=O) groups excluding carboxylic acids is 1. The van der Waals surface area contributed by atoms with E-state index in [1.165, 1.54) is 10.7 Å². The molecular weight excluding hydrogens is 387 g/mol. The molecule has 1 saturated carbocycles. The lowest BCUT2D eigenvalue weighted by Gasteiger charge is -2.20. The van der Waals surface area contributed by atoms with Crippen molar-refractivity contribution in [3.63, 3.8) is 0 Å². The van der Waals surface area contributed by atoms with E-state index < -0.39 is 24.0 Å². The zero-order valence-electron chi connectivity index (χ0n) is 15.5. The number of nitrogens with zero attached hydrogens (tertiary/aromatic N) is 4. The van der Waals surface area contributed by atoms with Gasteiger partial charge in [-0.25, -0.2) is 9.97 Å². The molecule has 4 rings (SSSR count). The molecule has 29 heavy (non-hydrogen) atoms. The van der Waals surface area contributed by atoms with Crippen molar-refractivity contribution >= 4 is 11.6 Å². The fourth-order valence-corrected chi connectivity index (χ4v) is 3.29. The monoisotopic (exact) mass is 403 g/mol. The van der Waals surface area contributed by atoms with E-state index in [4.69, 9.17) is 4.42 Å². The molecule has 1 atom stereocenters. The Labute approximate surface area is 163 Å². The summed E-state index contributed by atoms with van der Waals surface area (Å²) in [6.07, 6.45) is -2.36. The summed E-state index contributed by atoms with van der Waals surface area (Å²) < 4.78 is 46.8. The van der Waals surface area contributed by atoms with Crippen molar-refractivity contribution in [1.29, 1.82) is 5.26 Å². The first-order valence-electron chi connectivity index (χ1n) is 8.92. The van der Waals surface area contributed by atoms with Crippen molar-refractivity contribution in [3.05, 3.63) is 41.2 Å². The maximum absolute atomic E-state index is 13.3. The van der Waals surface area contributed by atoms with Gasteiger partial charge >= 0.3 is 6.18 Å². The van der Waals surface area contributed by atoms with Crippen molar-refractivity contribution in [3.8, 4) is 17.5 Å². The zero-order chi connectivity index (χ0) is 20.9. The Balaban J connectivity index is 1.75. The van der Waals surface area contributed by atoms with Gasteiger partial charge in [-0.15, -0.1) is 0 Å². The number of halogens is 3. The highest BCUT2D eigenvalue weighted by Gasteiger charge is 2.50. The van der Waals surface area contributed by atoms with E-state index in [1.807, 2.05) is 6.07 Å². The lowest BCUT2D eigenvalue weighted by molar-refractivity contribution is -0.158. The number of aryl methyl sites for hydroxylation is 2. The molecule has 1 amide bonds. The molecule has 1 fully saturated rings. The van der Waals surface area contributed by atoms with Gasteiger partial charge in [0.15, 0.2) is 17.1 Å². The molecule has 3 aromatic heterocycles. The van der Waals surface area contributed by atoms with Gasteiger partial charge in [0.2, 0.25) is 0 Å². The molecule has 0 unspecified atom stereocenters. The number of amides is 1. The number of nitrogens with one attached hydrogen (secondary N) is 1. The van der Waals surface area contributed by atoms with Crippen LogP contribution in [0, 0.1) is 31.1 Å². The van der Waals surface area contributed by atoms with Crippen molar-refractivity contribution in [2.24, 2.45) is 5.92 Å². The third-order valence-electron chi connectivity index (χ3n) is 4.85. The molecule has 0 aromatic carbocycles. The number of nitriles is 1. The molecule has 3 heterocycles. The lowest BCUT2D eigenvalue weighted by Crippen LogP contribution is -2.47. The Hall–Kier alpha value is -3.35. The van der Waals surface area contributed by atoms with Crippen LogP contribution in [0.25, 0.3) is 17.1 Å². The van der Waals surface area contributed by atoms with Crippen molar-refractivity contribution in [2.45, 2.75) is 38.9 Å². The average Bonchev–Trinajstić information content (AvgIpc) is 3.26. The molecule has 0 spiro atoms. The fourth-order valence-electron chi connectivity index (χ4n) is 3.29. The van der Waals surface area contributed by atoms with Crippen LogP contribution in [0.1, 0.15) is 40.3 Å².